The van der Waals surface area contributed by atoms with E-state index in [-0.39, 0.29) is 30.2 Å². The Bertz CT molecular complexity index is 525. The molecule has 2 atom stereocenters. The molecule has 5 nitrogen and oxygen atoms in total. The number of benzene rings is 1. The van der Waals surface area contributed by atoms with Gasteiger partial charge in [0, 0.05) is 18.4 Å². The van der Waals surface area contributed by atoms with E-state index in [4.69, 9.17) is 0 Å². The zero-order valence-electron chi connectivity index (χ0n) is 14.3. The minimum atomic E-state index is -0.436. The van der Waals surface area contributed by atoms with Crippen molar-refractivity contribution >= 4 is 11.8 Å². The van der Waals surface area contributed by atoms with E-state index in [1.54, 1.807) is 6.92 Å². The Morgan fingerprint density at radius 1 is 1.17 bits per heavy atom. The van der Waals surface area contributed by atoms with Gasteiger partial charge < -0.3 is 15.7 Å². The van der Waals surface area contributed by atoms with E-state index in [1.165, 1.54) is 0 Å². The highest BCUT2D eigenvalue weighted by Gasteiger charge is 2.23. The van der Waals surface area contributed by atoms with Crippen LogP contribution < -0.4 is 10.6 Å². The molecule has 1 fully saturated rings. The molecule has 5 heteroatoms. The van der Waals surface area contributed by atoms with Gasteiger partial charge in [-0.1, -0.05) is 43.2 Å². The number of aliphatic hydroxyl groups is 1. The van der Waals surface area contributed by atoms with E-state index >= 15 is 0 Å². The summed E-state index contributed by atoms with van der Waals surface area (Å²) in [5, 5.41) is 15.3. The molecule has 1 aliphatic carbocycles. The lowest BCUT2D eigenvalue weighted by Gasteiger charge is -2.20. The van der Waals surface area contributed by atoms with Gasteiger partial charge >= 0.3 is 0 Å². The number of hydrogen-bond donors (Lipinski definition) is 3. The largest absolute Gasteiger partial charge is 0.393 e. The number of nitrogens with one attached hydrogen (secondary N) is 2. The Labute approximate surface area is 143 Å². The summed E-state index contributed by atoms with van der Waals surface area (Å²) < 4.78 is 0. The molecular weight excluding hydrogens is 304 g/mol. The summed E-state index contributed by atoms with van der Waals surface area (Å²) in [6.07, 6.45) is 4.20. The van der Waals surface area contributed by atoms with Gasteiger partial charge in [0.05, 0.1) is 12.6 Å². The number of carbonyl (C=O) groups excluding carboxylic acids is 2. The number of rotatable bonds is 8. The standard InChI is InChI=1S/C19H28N2O3/c1-14(22)11-17(15-7-3-2-4-8-15)12-20-18(23)13-21-19(24)16-9-5-6-10-16/h2-4,7-8,14,16-17,22H,5-6,9-13H2,1H3,(H,20,23)(H,21,24). The predicted octanol–water partition coefficient (Wildman–Crippen LogP) is 1.96. The lowest BCUT2D eigenvalue weighted by Crippen LogP contribution is -2.40. The lowest BCUT2D eigenvalue weighted by molar-refractivity contribution is -0.128. The second kappa shape index (κ2) is 9.42. The van der Waals surface area contributed by atoms with Gasteiger partial charge in [-0.15, -0.1) is 0 Å². The van der Waals surface area contributed by atoms with Crippen LogP contribution in [0.4, 0.5) is 0 Å². The Kier molecular flexibility index (Phi) is 7.25. The highest BCUT2D eigenvalue weighted by atomic mass is 16.3. The molecule has 0 aliphatic heterocycles. The number of amides is 2. The van der Waals surface area contributed by atoms with E-state index in [0.717, 1.165) is 31.2 Å². The summed E-state index contributed by atoms with van der Waals surface area (Å²) in [6.45, 7) is 2.22. The van der Waals surface area contributed by atoms with Crippen molar-refractivity contribution in [3.63, 3.8) is 0 Å². The minimum Gasteiger partial charge on any atom is -0.393 e. The molecule has 2 unspecified atom stereocenters. The summed E-state index contributed by atoms with van der Waals surface area (Å²) in [6, 6.07) is 9.85. The van der Waals surface area contributed by atoms with Gasteiger partial charge in [0.2, 0.25) is 11.8 Å². The van der Waals surface area contributed by atoms with Crippen molar-refractivity contribution < 1.29 is 14.7 Å². The molecule has 24 heavy (non-hydrogen) atoms. The maximum absolute atomic E-state index is 12.0. The molecule has 0 radical (unpaired) electrons. The maximum Gasteiger partial charge on any atom is 0.239 e. The van der Waals surface area contributed by atoms with Gasteiger partial charge in [-0.3, -0.25) is 9.59 Å². The van der Waals surface area contributed by atoms with Crippen LogP contribution in [0.25, 0.3) is 0 Å². The number of aliphatic hydroxyl groups excluding tert-OH is 1. The fraction of sp³-hybridized carbons (Fsp3) is 0.579. The van der Waals surface area contributed by atoms with Crippen molar-refractivity contribution in [2.24, 2.45) is 5.92 Å². The van der Waals surface area contributed by atoms with Crippen molar-refractivity contribution in [1.29, 1.82) is 0 Å². The highest BCUT2D eigenvalue weighted by Crippen LogP contribution is 2.24. The highest BCUT2D eigenvalue weighted by molar-refractivity contribution is 5.85. The van der Waals surface area contributed by atoms with Crippen LogP contribution in [0.5, 0.6) is 0 Å². The topological polar surface area (TPSA) is 78.4 Å². The third kappa shape index (κ3) is 5.96. The molecular formula is C19H28N2O3. The van der Waals surface area contributed by atoms with Crippen LogP contribution in [0.2, 0.25) is 0 Å². The van der Waals surface area contributed by atoms with Crippen LogP contribution in [0.1, 0.15) is 50.5 Å². The first-order valence-corrected chi connectivity index (χ1v) is 8.83. The molecule has 2 amide bonds. The average Bonchev–Trinajstić information content (AvgIpc) is 3.11. The van der Waals surface area contributed by atoms with Crippen molar-refractivity contribution in [3.05, 3.63) is 35.9 Å². The van der Waals surface area contributed by atoms with Crippen molar-refractivity contribution in [2.45, 2.75) is 51.0 Å². The summed E-state index contributed by atoms with van der Waals surface area (Å²) in [7, 11) is 0. The van der Waals surface area contributed by atoms with E-state index < -0.39 is 6.10 Å². The maximum atomic E-state index is 12.0. The molecule has 0 saturated heterocycles. The fourth-order valence-corrected chi connectivity index (χ4v) is 3.27. The van der Waals surface area contributed by atoms with Crippen molar-refractivity contribution in [3.8, 4) is 0 Å². The summed E-state index contributed by atoms with van der Waals surface area (Å²) in [4.78, 5) is 23.9. The predicted molar refractivity (Wildman–Crippen MR) is 93.5 cm³/mol. The zero-order valence-corrected chi connectivity index (χ0v) is 14.3. The van der Waals surface area contributed by atoms with E-state index in [1.807, 2.05) is 30.3 Å². The summed E-state index contributed by atoms with van der Waals surface area (Å²) >= 11 is 0. The third-order valence-electron chi connectivity index (χ3n) is 4.59. The molecule has 0 spiro atoms. The van der Waals surface area contributed by atoms with Gasteiger partial charge in [-0.05, 0) is 31.7 Å². The quantitative estimate of drug-likeness (QED) is 0.681. The zero-order chi connectivity index (χ0) is 17.4. The first kappa shape index (κ1) is 18.5. The fourth-order valence-electron chi connectivity index (χ4n) is 3.27. The second-order valence-corrected chi connectivity index (χ2v) is 6.70. The molecule has 1 aliphatic rings. The Balaban J connectivity index is 1.78. The Morgan fingerprint density at radius 3 is 2.46 bits per heavy atom. The molecule has 3 N–H and O–H groups in total. The van der Waals surface area contributed by atoms with Gasteiger partial charge in [-0.25, -0.2) is 0 Å². The second-order valence-electron chi connectivity index (χ2n) is 6.70. The Morgan fingerprint density at radius 2 is 1.83 bits per heavy atom. The van der Waals surface area contributed by atoms with Crippen LogP contribution >= 0.6 is 0 Å². The molecule has 1 aromatic carbocycles. The summed E-state index contributed by atoms with van der Waals surface area (Å²) in [5.41, 5.74) is 1.09. The van der Waals surface area contributed by atoms with Crippen molar-refractivity contribution in [2.75, 3.05) is 13.1 Å². The van der Waals surface area contributed by atoms with Crippen LogP contribution in [0.15, 0.2) is 30.3 Å². The molecule has 0 bridgehead atoms. The summed E-state index contributed by atoms with van der Waals surface area (Å²) in [5.74, 6) is -0.0649. The molecule has 1 saturated carbocycles. The van der Waals surface area contributed by atoms with Crippen molar-refractivity contribution in [1.82, 2.24) is 10.6 Å². The van der Waals surface area contributed by atoms with Gasteiger partial charge in [-0.2, -0.15) is 0 Å². The molecule has 0 aromatic heterocycles. The monoisotopic (exact) mass is 332 g/mol. The number of carbonyl (C=O) groups is 2. The van der Waals surface area contributed by atoms with Gasteiger partial charge in [0.1, 0.15) is 0 Å². The minimum absolute atomic E-state index is 0.00811. The lowest BCUT2D eigenvalue weighted by atomic mass is 9.93. The molecule has 2 rings (SSSR count). The van der Waals surface area contributed by atoms with Crippen LogP contribution in [-0.4, -0.2) is 36.1 Å². The SMILES string of the molecule is CC(O)CC(CNC(=O)CNC(=O)C1CCCC1)c1ccccc1. The Hall–Kier alpha value is -1.88. The van der Waals surface area contributed by atoms with E-state index in [2.05, 4.69) is 10.6 Å². The molecule has 1 aromatic rings. The number of hydrogen-bond acceptors (Lipinski definition) is 3. The van der Waals surface area contributed by atoms with Crippen LogP contribution in [0, 0.1) is 5.92 Å². The first-order chi connectivity index (χ1) is 11.6. The average molecular weight is 332 g/mol. The first-order valence-electron chi connectivity index (χ1n) is 8.83. The van der Waals surface area contributed by atoms with E-state index in [0.29, 0.717) is 13.0 Å². The normalized spacial score (nSPS) is 17.2. The third-order valence-corrected chi connectivity index (χ3v) is 4.59. The van der Waals surface area contributed by atoms with Crippen LogP contribution in [-0.2, 0) is 9.59 Å². The van der Waals surface area contributed by atoms with Crippen LogP contribution in [0.3, 0.4) is 0 Å². The smallest absolute Gasteiger partial charge is 0.239 e. The molecule has 0 heterocycles. The van der Waals surface area contributed by atoms with E-state index in [9.17, 15) is 14.7 Å². The van der Waals surface area contributed by atoms with Gasteiger partial charge in [0.15, 0.2) is 0 Å². The van der Waals surface area contributed by atoms with Gasteiger partial charge in [0.25, 0.3) is 0 Å². The molecule has 132 valence electrons.